The SMILES string of the molecule is O=C1CCC(N2C(=O)c3cccc(SCCCCCC(=O)Nc4cc5c(Nc6ccc(F)c(Cl)c6)ncnc5cc4OC4CCOC4)c3C2=O)C(=O)N1. The number of piperidine rings is 1. The molecular weight excluding hydrogens is 727 g/mol. The van der Waals surface area contributed by atoms with E-state index in [0.717, 1.165) is 17.7 Å². The summed E-state index contributed by atoms with van der Waals surface area (Å²) in [5.74, 6) is -1.38. The Morgan fingerprint density at radius 2 is 1.92 bits per heavy atom. The Morgan fingerprint density at radius 3 is 2.72 bits per heavy atom. The number of nitrogens with zero attached hydrogens (tertiary/aromatic N) is 3. The molecule has 0 aliphatic carbocycles. The highest BCUT2D eigenvalue weighted by Gasteiger charge is 2.45. The van der Waals surface area contributed by atoms with E-state index in [1.165, 1.54) is 30.2 Å². The van der Waals surface area contributed by atoms with E-state index in [-0.39, 0.29) is 47.4 Å². The van der Waals surface area contributed by atoms with E-state index >= 15 is 0 Å². The summed E-state index contributed by atoms with van der Waals surface area (Å²) in [4.78, 5) is 74.1. The van der Waals surface area contributed by atoms with E-state index in [0.29, 0.717) is 70.5 Å². The molecule has 5 amide bonds. The second-order valence-corrected chi connectivity index (χ2v) is 14.3. The first kappa shape index (κ1) is 36.2. The van der Waals surface area contributed by atoms with E-state index in [2.05, 4.69) is 25.9 Å². The molecule has 0 saturated carbocycles. The Kier molecular flexibility index (Phi) is 10.8. The maximum absolute atomic E-state index is 13.8. The number of thioether (sulfide) groups is 1. The first-order valence-corrected chi connectivity index (χ1v) is 18.5. The average Bonchev–Trinajstić information content (AvgIpc) is 3.74. The third kappa shape index (κ3) is 7.97. The maximum Gasteiger partial charge on any atom is 0.263 e. The van der Waals surface area contributed by atoms with Crippen molar-refractivity contribution in [2.45, 2.75) is 62.0 Å². The molecule has 2 unspecified atom stereocenters. The van der Waals surface area contributed by atoms with E-state index in [1.54, 1.807) is 36.4 Å². The Morgan fingerprint density at radius 1 is 1.06 bits per heavy atom. The number of carbonyl (C=O) groups is 5. The molecule has 0 radical (unpaired) electrons. The van der Waals surface area contributed by atoms with Gasteiger partial charge in [0.25, 0.3) is 11.8 Å². The monoisotopic (exact) mass is 760 g/mol. The fourth-order valence-electron chi connectivity index (χ4n) is 6.44. The second kappa shape index (κ2) is 15.9. The zero-order valence-corrected chi connectivity index (χ0v) is 29.9. The number of benzene rings is 3. The van der Waals surface area contributed by atoms with Crippen molar-refractivity contribution in [2.24, 2.45) is 0 Å². The summed E-state index contributed by atoms with van der Waals surface area (Å²) in [6.07, 6.45) is 4.39. The highest BCUT2D eigenvalue weighted by molar-refractivity contribution is 7.99. The summed E-state index contributed by atoms with van der Waals surface area (Å²) in [7, 11) is 0. The van der Waals surface area contributed by atoms with Gasteiger partial charge in [-0.3, -0.25) is 34.2 Å². The van der Waals surface area contributed by atoms with Crippen LogP contribution >= 0.6 is 23.4 Å². The lowest BCUT2D eigenvalue weighted by molar-refractivity contribution is -0.136. The van der Waals surface area contributed by atoms with Crippen LogP contribution in [0.2, 0.25) is 5.02 Å². The number of hydrogen-bond donors (Lipinski definition) is 3. The zero-order valence-electron chi connectivity index (χ0n) is 28.3. The number of imide groups is 2. The minimum atomic E-state index is -1.02. The Labute approximate surface area is 312 Å². The van der Waals surface area contributed by atoms with Crippen LogP contribution in [0.4, 0.5) is 21.6 Å². The van der Waals surface area contributed by atoms with Crippen molar-refractivity contribution in [1.82, 2.24) is 20.2 Å². The predicted octanol–water partition coefficient (Wildman–Crippen LogP) is 6.03. The molecule has 2 fully saturated rings. The molecule has 3 N–H and O–H groups in total. The summed E-state index contributed by atoms with van der Waals surface area (Å²) < 4.78 is 25.5. The first-order valence-electron chi connectivity index (χ1n) is 17.2. The highest BCUT2D eigenvalue weighted by Crippen LogP contribution is 2.37. The van der Waals surface area contributed by atoms with Gasteiger partial charge < -0.3 is 20.1 Å². The van der Waals surface area contributed by atoms with Crippen molar-refractivity contribution in [2.75, 3.05) is 29.6 Å². The molecule has 2 atom stereocenters. The largest absolute Gasteiger partial charge is 0.486 e. The third-order valence-electron chi connectivity index (χ3n) is 9.11. The van der Waals surface area contributed by atoms with Crippen molar-refractivity contribution in [3.8, 4) is 5.75 Å². The fraction of sp³-hybridized carbons (Fsp3) is 0.324. The van der Waals surface area contributed by atoms with Crippen molar-refractivity contribution in [3.05, 3.63) is 76.8 Å². The van der Waals surface area contributed by atoms with Gasteiger partial charge in [0.2, 0.25) is 17.7 Å². The van der Waals surface area contributed by atoms with E-state index in [4.69, 9.17) is 21.1 Å². The topological polar surface area (TPSA) is 169 Å². The molecule has 13 nitrogen and oxygen atoms in total. The smallest absolute Gasteiger partial charge is 0.263 e. The summed E-state index contributed by atoms with van der Waals surface area (Å²) in [5.41, 5.74) is 2.06. The van der Waals surface area contributed by atoms with Crippen LogP contribution in [0.15, 0.2) is 59.8 Å². The Balaban J connectivity index is 0.964. The van der Waals surface area contributed by atoms with Crippen molar-refractivity contribution in [1.29, 1.82) is 0 Å². The van der Waals surface area contributed by atoms with Gasteiger partial charge in [0, 0.05) is 41.3 Å². The molecule has 274 valence electrons. The van der Waals surface area contributed by atoms with Gasteiger partial charge in [-0.15, -0.1) is 11.8 Å². The van der Waals surface area contributed by atoms with Crippen LogP contribution in [0.25, 0.3) is 10.9 Å². The van der Waals surface area contributed by atoms with Gasteiger partial charge in [-0.05, 0) is 61.4 Å². The van der Waals surface area contributed by atoms with Crippen LogP contribution in [0, 0.1) is 5.82 Å². The van der Waals surface area contributed by atoms with Gasteiger partial charge in [0.1, 0.15) is 35.9 Å². The molecule has 1 aromatic heterocycles. The van der Waals surface area contributed by atoms with Crippen LogP contribution in [-0.4, -0.2) is 75.5 Å². The minimum Gasteiger partial charge on any atom is -0.486 e. The van der Waals surface area contributed by atoms with Crippen LogP contribution in [0.1, 0.15) is 65.7 Å². The zero-order chi connectivity index (χ0) is 37.1. The van der Waals surface area contributed by atoms with Crippen LogP contribution in [0.3, 0.4) is 0 Å². The number of amides is 5. The Hall–Kier alpha value is -5.12. The number of fused-ring (bicyclic) bond motifs is 2. The Bertz CT molecular complexity index is 2130. The van der Waals surface area contributed by atoms with Gasteiger partial charge in [-0.2, -0.15) is 0 Å². The number of halogens is 2. The van der Waals surface area contributed by atoms with Crippen LogP contribution in [-0.2, 0) is 19.1 Å². The fourth-order valence-corrected chi connectivity index (χ4v) is 7.70. The minimum absolute atomic E-state index is 0.0390. The molecule has 0 spiro atoms. The molecule has 16 heteroatoms. The number of nitrogens with one attached hydrogen (secondary N) is 3. The quantitative estimate of drug-likeness (QED) is 0.0827. The highest BCUT2D eigenvalue weighted by atomic mass is 35.5. The maximum atomic E-state index is 13.8. The van der Waals surface area contributed by atoms with Gasteiger partial charge >= 0.3 is 0 Å². The van der Waals surface area contributed by atoms with Crippen molar-refractivity contribution < 1.29 is 37.8 Å². The molecule has 53 heavy (non-hydrogen) atoms. The standard InChI is InChI=1S/C37H34ClFN6O7S/c38-24-15-20(8-9-25(24)39)42-34-23-16-27(29(17-26(23)40-19-41-34)52-21-12-13-51-18-21)43-31(46)7-2-1-3-14-53-30-6-4-5-22-33(30)37(50)45(36(22)49)28-10-11-32(47)44-35(28)48/h4-6,8-9,15-17,19,21,28H,1-3,7,10-14,18H2,(H,43,46)(H,40,41,42)(H,44,47,48). The predicted molar refractivity (Wildman–Crippen MR) is 195 cm³/mol. The molecular formula is C37H34ClFN6O7S. The summed E-state index contributed by atoms with van der Waals surface area (Å²) in [6.45, 7) is 1.01. The molecule has 3 aromatic carbocycles. The summed E-state index contributed by atoms with van der Waals surface area (Å²) >= 11 is 7.42. The van der Waals surface area contributed by atoms with Crippen LogP contribution in [0.5, 0.6) is 5.75 Å². The van der Waals surface area contributed by atoms with Crippen molar-refractivity contribution in [3.63, 3.8) is 0 Å². The summed E-state index contributed by atoms with van der Waals surface area (Å²) in [5, 5.41) is 8.91. The van der Waals surface area contributed by atoms with Crippen molar-refractivity contribution >= 4 is 81.0 Å². The molecule has 4 heterocycles. The molecule has 0 bridgehead atoms. The molecule has 4 aromatic rings. The molecule has 3 aliphatic rings. The number of unbranched alkanes of at least 4 members (excludes halogenated alkanes) is 2. The van der Waals surface area contributed by atoms with E-state index < -0.39 is 35.5 Å². The molecule has 2 saturated heterocycles. The van der Waals surface area contributed by atoms with Gasteiger partial charge in [0.15, 0.2) is 0 Å². The number of rotatable bonds is 13. The molecule has 3 aliphatic heterocycles. The number of carbonyl (C=O) groups excluding carboxylic acids is 5. The number of anilines is 3. The number of aromatic nitrogens is 2. The summed E-state index contributed by atoms with van der Waals surface area (Å²) in [6, 6.07) is 11.8. The molecule has 7 rings (SSSR count). The lowest BCUT2D eigenvalue weighted by Gasteiger charge is -2.27. The number of ether oxygens (including phenoxy) is 2. The van der Waals surface area contributed by atoms with Crippen LogP contribution < -0.4 is 20.7 Å². The van der Waals surface area contributed by atoms with Gasteiger partial charge in [-0.25, -0.2) is 14.4 Å². The first-order chi connectivity index (χ1) is 25.7. The van der Waals surface area contributed by atoms with Gasteiger partial charge in [-0.1, -0.05) is 24.1 Å². The van der Waals surface area contributed by atoms with Gasteiger partial charge in [0.05, 0.1) is 40.6 Å². The van der Waals surface area contributed by atoms with E-state index in [9.17, 15) is 28.4 Å². The third-order valence-corrected chi connectivity index (χ3v) is 10.5. The average molecular weight is 761 g/mol. The van der Waals surface area contributed by atoms with E-state index in [1.807, 2.05) is 0 Å². The lowest BCUT2D eigenvalue weighted by atomic mass is 10.0. The lowest BCUT2D eigenvalue weighted by Crippen LogP contribution is -2.54. The number of hydrogen-bond acceptors (Lipinski definition) is 11. The second-order valence-electron chi connectivity index (χ2n) is 12.8. The normalized spacial score (nSPS) is 18.3.